The predicted molar refractivity (Wildman–Crippen MR) is 35.9 cm³/mol. The Morgan fingerprint density at radius 1 is 1.64 bits per heavy atom. The summed E-state index contributed by atoms with van der Waals surface area (Å²) in [6.07, 6.45) is 0. The van der Waals surface area contributed by atoms with Crippen LogP contribution in [0.4, 0.5) is 0 Å². The van der Waals surface area contributed by atoms with Crippen molar-refractivity contribution in [3.05, 3.63) is 0 Å². The molecule has 0 aliphatic carbocycles. The molecule has 0 aliphatic rings. The summed E-state index contributed by atoms with van der Waals surface area (Å²) in [5.74, 6) is -2.65. The van der Waals surface area contributed by atoms with Crippen molar-refractivity contribution in [1.29, 1.82) is 0 Å². The van der Waals surface area contributed by atoms with E-state index < -0.39 is 16.8 Å². The standard InChI is InChI=1S/C6H9ClO4/c1-3-11-5(10)6(2,7)4(8)9/h3H2,1-2H3,(H,8,9)/p-1. The molecule has 0 aromatic rings. The number of halogens is 1. The average molecular weight is 180 g/mol. The number of aliphatic carboxylic acids is 1. The predicted octanol–water partition coefficient (Wildman–Crippen LogP) is -0.703. The summed E-state index contributed by atoms with van der Waals surface area (Å²) < 4.78 is 4.38. The van der Waals surface area contributed by atoms with E-state index in [1.807, 2.05) is 0 Å². The Morgan fingerprint density at radius 3 is 2.36 bits per heavy atom. The van der Waals surface area contributed by atoms with E-state index in [1.54, 1.807) is 6.92 Å². The van der Waals surface area contributed by atoms with Crippen LogP contribution in [0.1, 0.15) is 13.8 Å². The van der Waals surface area contributed by atoms with E-state index in [4.69, 9.17) is 11.6 Å². The molecular formula is C6H8ClO4-. The van der Waals surface area contributed by atoms with E-state index in [9.17, 15) is 14.7 Å². The maximum absolute atomic E-state index is 10.7. The van der Waals surface area contributed by atoms with Crippen LogP contribution in [0.5, 0.6) is 0 Å². The van der Waals surface area contributed by atoms with Crippen LogP contribution in [0.15, 0.2) is 0 Å². The molecule has 0 aromatic carbocycles. The summed E-state index contributed by atoms with van der Waals surface area (Å²) in [4.78, 5) is 18.9. The first-order valence-corrected chi connectivity index (χ1v) is 3.38. The number of ether oxygens (including phenoxy) is 1. The van der Waals surface area contributed by atoms with E-state index in [1.165, 1.54) is 0 Å². The van der Waals surface area contributed by atoms with Crippen molar-refractivity contribution < 1.29 is 19.4 Å². The first-order chi connectivity index (χ1) is 4.92. The third-order valence-corrected chi connectivity index (χ3v) is 1.35. The molecule has 4 nitrogen and oxygen atoms in total. The molecule has 64 valence electrons. The summed E-state index contributed by atoms with van der Waals surface area (Å²) in [7, 11) is 0. The fourth-order valence-electron chi connectivity index (χ4n) is 0.350. The third-order valence-electron chi connectivity index (χ3n) is 1.04. The number of carbonyl (C=O) groups is 2. The zero-order chi connectivity index (χ0) is 9.07. The molecule has 0 amide bonds. The van der Waals surface area contributed by atoms with Gasteiger partial charge in [-0.2, -0.15) is 0 Å². The molecule has 0 aliphatic heterocycles. The van der Waals surface area contributed by atoms with Gasteiger partial charge >= 0.3 is 5.97 Å². The molecule has 0 rings (SSSR count). The molecule has 0 heterocycles. The number of carboxylic acid groups (broad SMARTS) is 1. The molecule has 0 saturated carbocycles. The molecular weight excluding hydrogens is 172 g/mol. The highest BCUT2D eigenvalue weighted by Crippen LogP contribution is 2.14. The third kappa shape index (κ3) is 2.38. The van der Waals surface area contributed by atoms with Gasteiger partial charge in [0.15, 0.2) is 4.87 Å². The molecule has 1 unspecified atom stereocenters. The average Bonchev–Trinajstić information content (AvgIpc) is 1.88. The Bertz CT molecular complexity index is 175. The van der Waals surface area contributed by atoms with Gasteiger partial charge in [0.25, 0.3) is 0 Å². The van der Waals surface area contributed by atoms with Crippen LogP contribution in [-0.4, -0.2) is 23.4 Å². The second kappa shape index (κ2) is 3.57. The Kier molecular flexibility index (Phi) is 3.32. The summed E-state index contributed by atoms with van der Waals surface area (Å²) in [5.41, 5.74) is 0. The van der Waals surface area contributed by atoms with Gasteiger partial charge in [0.2, 0.25) is 0 Å². The van der Waals surface area contributed by atoms with E-state index in [-0.39, 0.29) is 6.61 Å². The smallest absolute Gasteiger partial charge is 0.332 e. The fourth-order valence-corrected chi connectivity index (χ4v) is 0.405. The zero-order valence-electron chi connectivity index (χ0n) is 6.22. The van der Waals surface area contributed by atoms with Crippen LogP contribution >= 0.6 is 11.6 Å². The molecule has 5 heteroatoms. The first-order valence-electron chi connectivity index (χ1n) is 3.00. The van der Waals surface area contributed by atoms with Gasteiger partial charge in [0, 0.05) is 0 Å². The van der Waals surface area contributed by atoms with Gasteiger partial charge in [0.05, 0.1) is 12.6 Å². The van der Waals surface area contributed by atoms with Crippen molar-refractivity contribution in [3.8, 4) is 0 Å². The molecule has 0 N–H and O–H groups in total. The number of hydrogen-bond donors (Lipinski definition) is 0. The molecule has 0 aromatic heterocycles. The van der Waals surface area contributed by atoms with Gasteiger partial charge in [-0.05, 0) is 13.8 Å². The van der Waals surface area contributed by atoms with E-state index in [0.717, 1.165) is 6.92 Å². The van der Waals surface area contributed by atoms with E-state index in [0.29, 0.717) is 0 Å². The van der Waals surface area contributed by atoms with Gasteiger partial charge in [0.1, 0.15) is 0 Å². The minimum Gasteiger partial charge on any atom is -0.548 e. The lowest BCUT2D eigenvalue weighted by molar-refractivity contribution is -0.308. The Hall–Kier alpha value is -0.770. The maximum Gasteiger partial charge on any atom is 0.332 e. The van der Waals surface area contributed by atoms with Crippen molar-refractivity contribution in [3.63, 3.8) is 0 Å². The lowest BCUT2D eigenvalue weighted by Gasteiger charge is -2.20. The summed E-state index contributed by atoms with van der Waals surface area (Å²) in [6, 6.07) is 0. The number of carboxylic acids is 1. The quantitative estimate of drug-likeness (QED) is 0.326. The largest absolute Gasteiger partial charge is 0.548 e. The van der Waals surface area contributed by atoms with Gasteiger partial charge < -0.3 is 14.6 Å². The van der Waals surface area contributed by atoms with Gasteiger partial charge in [-0.3, -0.25) is 0 Å². The van der Waals surface area contributed by atoms with Crippen LogP contribution in [0.3, 0.4) is 0 Å². The van der Waals surface area contributed by atoms with Crippen LogP contribution in [0.2, 0.25) is 0 Å². The SMILES string of the molecule is CCOC(=O)C(C)(Cl)C(=O)[O-]. The normalized spacial score (nSPS) is 15.2. The van der Waals surface area contributed by atoms with Crippen molar-refractivity contribution in [2.45, 2.75) is 18.7 Å². The van der Waals surface area contributed by atoms with Gasteiger partial charge in [-0.15, -0.1) is 11.6 Å². The minimum atomic E-state index is -2.07. The Morgan fingerprint density at radius 2 is 2.09 bits per heavy atom. The van der Waals surface area contributed by atoms with Gasteiger partial charge in [-0.25, -0.2) is 4.79 Å². The number of hydrogen-bond acceptors (Lipinski definition) is 4. The van der Waals surface area contributed by atoms with Crippen LogP contribution in [0, 0.1) is 0 Å². The van der Waals surface area contributed by atoms with Crippen molar-refractivity contribution >= 4 is 23.5 Å². The second-order valence-corrected chi connectivity index (χ2v) is 2.77. The number of rotatable bonds is 3. The van der Waals surface area contributed by atoms with E-state index in [2.05, 4.69) is 4.74 Å². The lowest BCUT2D eigenvalue weighted by atomic mass is 10.2. The Labute approximate surface area is 69.1 Å². The minimum absolute atomic E-state index is 0.0917. The highest BCUT2D eigenvalue weighted by molar-refractivity contribution is 6.43. The first kappa shape index (κ1) is 10.2. The van der Waals surface area contributed by atoms with Crippen molar-refractivity contribution in [1.82, 2.24) is 0 Å². The van der Waals surface area contributed by atoms with Gasteiger partial charge in [-0.1, -0.05) is 0 Å². The lowest BCUT2D eigenvalue weighted by Crippen LogP contribution is -2.48. The molecule has 11 heavy (non-hydrogen) atoms. The van der Waals surface area contributed by atoms with Crippen LogP contribution < -0.4 is 5.11 Å². The van der Waals surface area contributed by atoms with Crippen molar-refractivity contribution in [2.75, 3.05) is 6.61 Å². The summed E-state index contributed by atoms with van der Waals surface area (Å²) in [6.45, 7) is 2.66. The number of carbonyl (C=O) groups excluding carboxylic acids is 2. The summed E-state index contributed by atoms with van der Waals surface area (Å²) in [5, 5.41) is 10.2. The van der Waals surface area contributed by atoms with Crippen LogP contribution in [0.25, 0.3) is 0 Å². The molecule has 0 spiro atoms. The number of alkyl halides is 1. The molecule has 0 radical (unpaired) electrons. The zero-order valence-corrected chi connectivity index (χ0v) is 6.97. The second-order valence-electron chi connectivity index (χ2n) is 2.01. The number of esters is 1. The molecule has 0 saturated heterocycles. The highest BCUT2D eigenvalue weighted by Gasteiger charge is 2.33. The monoisotopic (exact) mass is 179 g/mol. The van der Waals surface area contributed by atoms with Crippen LogP contribution in [-0.2, 0) is 14.3 Å². The highest BCUT2D eigenvalue weighted by atomic mass is 35.5. The molecule has 1 atom stereocenters. The van der Waals surface area contributed by atoms with E-state index >= 15 is 0 Å². The summed E-state index contributed by atoms with van der Waals surface area (Å²) >= 11 is 5.26. The fraction of sp³-hybridized carbons (Fsp3) is 0.667. The van der Waals surface area contributed by atoms with Crippen molar-refractivity contribution in [2.24, 2.45) is 0 Å². The Balaban J connectivity index is 4.30. The maximum atomic E-state index is 10.7. The molecule has 0 fully saturated rings. The topological polar surface area (TPSA) is 66.4 Å². The molecule has 0 bridgehead atoms.